The summed E-state index contributed by atoms with van der Waals surface area (Å²) in [5.74, 6) is -2.86. The van der Waals surface area contributed by atoms with Gasteiger partial charge >= 0.3 is 0 Å². The van der Waals surface area contributed by atoms with E-state index in [-0.39, 0.29) is 18.0 Å². The first-order valence-corrected chi connectivity index (χ1v) is 5.75. The topological polar surface area (TPSA) is 41.5 Å². The number of rotatable bonds is 4. The molecule has 0 saturated carbocycles. The van der Waals surface area contributed by atoms with Crippen LogP contribution in [0.1, 0.15) is 5.56 Å². The van der Waals surface area contributed by atoms with E-state index < -0.39 is 17.5 Å². The summed E-state index contributed by atoms with van der Waals surface area (Å²) < 4.78 is 44.5. The lowest BCUT2D eigenvalue weighted by molar-refractivity contribution is 0.411. The summed E-state index contributed by atoms with van der Waals surface area (Å²) >= 11 is 0. The summed E-state index contributed by atoms with van der Waals surface area (Å²) in [7, 11) is 1.46. The molecule has 0 fully saturated rings. The molecule has 6 heteroatoms. The van der Waals surface area contributed by atoms with Crippen LogP contribution in [0.4, 0.5) is 18.9 Å². The fourth-order valence-corrected chi connectivity index (χ4v) is 1.71. The molecule has 0 aromatic heterocycles. The van der Waals surface area contributed by atoms with Crippen LogP contribution in [0.3, 0.4) is 0 Å². The van der Waals surface area contributed by atoms with Crippen LogP contribution >= 0.6 is 0 Å². The monoisotopic (exact) mass is 283 g/mol. The minimum absolute atomic E-state index is 0.0111. The first kappa shape index (κ1) is 14.0. The third-order valence-corrected chi connectivity index (χ3v) is 2.75. The normalized spacial score (nSPS) is 10.4. The van der Waals surface area contributed by atoms with Gasteiger partial charge in [-0.15, -0.1) is 0 Å². The van der Waals surface area contributed by atoms with Gasteiger partial charge in [0.1, 0.15) is 17.3 Å². The number of phenols is 1. The zero-order chi connectivity index (χ0) is 14.7. The molecule has 0 spiro atoms. The lowest BCUT2D eigenvalue weighted by atomic mass is 10.2. The number of methoxy groups -OCH3 is 1. The highest BCUT2D eigenvalue weighted by molar-refractivity contribution is 5.48. The average Bonchev–Trinajstić information content (AvgIpc) is 2.42. The molecule has 0 saturated heterocycles. The molecular weight excluding hydrogens is 271 g/mol. The molecule has 106 valence electrons. The van der Waals surface area contributed by atoms with Crippen LogP contribution < -0.4 is 10.1 Å². The van der Waals surface area contributed by atoms with Crippen molar-refractivity contribution in [2.24, 2.45) is 0 Å². The van der Waals surface area contributed by atoms with E-state index in [9.17, 15) is 18.3 Å². The predicted molar refractivity (Wildman–Crippen MR) is 68.3 cm³/mol. The number of halogens is 3. The van der Waals surface area contributed by atoms with Crippen LogP contribution in [-0.2, 0) is 6.54 Å². The van der Waals surface area contributed by atoms with Crippen molar-refractivity contribution in [3.63, 3.8) is 0 Å². The van der Waals surface area contributed by atoms with Crippen molar-refractivity contribution < 1.29 is 23.0 Å². The van der Waals surface area contributed by atoms with Crippen molar-refractivity contribution in [3.05, 3.63) is 53.3 Å². The number of phenolic OH excluding ortho intramolecular Hbond substituents is 1. The fraction of sp³-hybridized carbons (Fsp3) is 0.143. The summed E-state index contributed by atoms with van der Waals surface area (Å²) in [4.78, 5) is 0. The van der Waals surface area contributed by atoms with Gasteiger partial charge in [0, 0.05) is 24.2 Å². The van der Waals surface area contributed by atoms with Gasteiger partial charge in [0.05, 0.1) is 12.8 Å². The summed E-state index contributed by atoms with van der Waals surface area (Å²) in [5.41, 5.74) is 0.0955. The first-order chi connectivity index (χ1) is 9.51. The van der Waals surface area contributed by atoms with Crippen molar-refractivity contribution in [2.75, 3.05) is 12.4 Å². The Morgan fingerprint density at radius 3 is 2.60 bits per heavy atom. The van der Waals surface area contributed by atoms with Gasteiger partial charge in [0.15, 0.2) is 11.6 Å². The Morgan fingerprint density at radius 1 is 1.15 bits per heavy atom. The highest BCUT2D eigenvalue weighted by Crippen LogP contribution is 2.25. The standard InChI is InChI=1S/C14H12F3NO2/c1-20-10-2-3-13(19)8(4-10)7-18-12-6-9(15)5-11(16)14(12)17/h2-6,18-19H,7H2,1H3. The SMILES string of the molecule is COc1ccc(O)c(CNc2cc(F)cc(F)c2F)c1. The van der Waals surface area contributed by atoms with Crippen molar-refractivity contribution in [1.29, 1.82) is 0 Å². The smallest absolute Gasteiger partial charge is 0.182 e. The highest BCUT2D eigenvalue weighted by atomic mass is 19.2. The minimum atomic E-state index is -1.28. The van der Waals surface area contributed by atoms with Crippen molar-refractivity contribution >= 4 is 5.69 Å². The zero-order valence-electron chi connectivity index (χ0n) is 10.6. The maximum absolute atomic E-state index is 13.4. The van der Waals surface area contributed by atoms with Gasteiger partial charge in [0.2, 0.25) is 0 Å². The van der Waals surface area contributed by atoms with Gasteiger partial charge in [0.25, 0.3) is 0 Å². The van der Waals surface area contributed by atoms with E-state index in [0.717, 1.165) is 6.07 Å². The number of anilines is 1. The maximum Gasteiger partial charge on any atom is 0.182 e. The van der Waals surface area contributed by atoms with E-state index in [2.05, 4.69) is 5.32 Å². The van der Waals surface area contributed by atoms with Crippen molar-refractivity contribution in [3.8, 4) is 11.5 Å². The fourth-order valence-electron chi connectivity index (χ4n) is 1.71. The molecule has 2 aromatic carbocycles. The van der Waals surface area contributed by atoms with Gasteiger partial charge < -0.3 is 15.2 Å². The van der Waals surface area contributed by atoms with Crippen LogP contribution in [0.5, 0.6) is 11.5 Å². The van der Waals surface area contributed by atoms with Crippen LogP contribution in [0.2, 0.25) is 0 Å². The number of hydrogen-bond acceptors (Lipinski definition) is 3. The van der Waals surface area contributed by atoms with E-state index in [1.165, 1.54) is 19.2 Å². The number of ether oxygens (including phenoxy) is 1. The quantitative estimate of drug-likeness (QED) is 0.845. The molecule has 20 heavy (non-hydrogen) atoms. The van der Waals surface area contributed by atoms with E-state index in [0.29, 0.717) is 17.4 Å². The molecule has 2 rings (SSSR count). The van der Waals surface area contributed by atoms with E-state index in [4.69, 9.17) is 4.74 Å². The molecule has 3 nitrogen and oxygen atoms in total. The summed E-state index contributed by atoms with van der Waals surface area (Å²) in [5, 5.41) is 12.2. The highest BCUT2D eigenvalue weighted by Gasteiger charge is 2.11. The Hall–Kier alpha value is -2.37. The largest absolute Gasteiger partial charge is 0.508 e. The Balaban J connectivity index is 2.21. The van der Waals surface area contributed by atoms with Gasteiger partial charge in [-0.05, 0) is 18.2 Å². The molecular formula is C14H12F3NO2. The summed E-state index contributed by atoms with van der Waals surface area (Å²) in [6.45, 7) is -0.0111. The molecule has 0 bridgehead atoms. The molecule has 2 N–H and O–H groups in total. The second kappa shape index (κ2) is 5.73. The number of nitrogens with one attached hydrogen (secondary N) is 1. The Bertz CT molecular complexity index is 632. The van der Waals surface area contributed by atoms with Gasteiger partial charge in [-0.3, -0.25) is 0 Å². The molecule has 2 aromatic rings. The first-order valence-electron chi connectivity index (χ1n) is 5.75. The summed E-state index contributed by atoms with van der Waals surface area (Å²) in [6.07, 6.45) is 0. The lowest BCUT2D eigenvalue weighted by Crippen LogP contribution is -2.04. The second-order valence-electron chi connectivity index (χ2n) is 4.10. The second-order valence-corrected chi connectivity index (χ2v) is 4.10. The Kier molecular flexibility index (Phi) is 4.02. The maximum atomic E-state index is 13.4. The van der Waals surface area contributed by atoms with Crippen LogP contribution in [-0.4, -0.2) is 12.2 Å². The Morgan fingerprint density at radius 2 is 1.90 bits per heavy atom. The third-order valence-electron chi connectivity index (χ3n) is 2.75. The van der Waals surface area contributed by atoms with Crippen molar-refractivity contribution in [2.45, 2.75) is 6.54 Å². The van der Waals surface area contributed by atoms with Gasteiger partial charge in [-0.1, -0.05) is 0 Å². The molecule has 0 aliphatic rings. The van der Waals surface area contributed by atoms with Crippen molar-refractivity contribution in [1.82, 2.24) is 0 Å². The molecule has 0 unspecified atom stereocenters. The molecule has 0 atom stereocenters. The molecule has 0 amide bonds. The number of hydrogen-bond donors (Lipinski definition) is 2. The third kappa shape index (κ3) is 2.96. The molecule has 0 radical (unpaired) electrons. The van der Waals surface area contributed by atoms with Crippen LogP contribution in [0, 0.1) is 17.5 Å². The molecule has 0 aliphatic heterocycles. The molecule has 0 aliphatic carbocycles. The number of aromatic hydroxyl groups is 1. The van der Waals surface area contributed by atoms with E-state index >= 15 is 0 Å². The average molecular weight is 283 g/mol. The molecule has 0 heterocycles. The lowest BCUT2D eigenvalue weighted by Gasteiger charge is -2.11. The van der Waals surface area contributed by atoms with Crippen LogP contribution in [0.15, 0.2) is 30.3 Å². The minimum Gasteiger partial charge on any atom is -0.508 e. The van der Waals surface area contributed by atoms with E-state index in [1.54, 1.807) is 6.07 Å². The van der Waals surface area contributed by atoms with Crippen LogP contribution in [0.25, 0.3) is 0 Å². The van der Waals surface area contributed by atoms with Gasteiger partial charge in [-0.2, -0.15) is 0 Å². The Labute approximate surface area is 113 Å². The zero-order valence-corrected chi connectivity index (χ0v) is 10.6. The number of benzene rings is 2. The predicted octanol–water partition coefficient (Wildman–Crippen LogP) is 3.43. The summed E-state index contributed by atoms with van der Waals surface area (Å²) in [6, 6.07) is 5.81. The van der Waals surface area contributed by atoms with Gasteiger partial charge in [-0.25, -0.2) is 13.2 Å². The van der Waals surface area contributed by atoms with E-state index in [1.807, 2.05) is 0 Å².